The van der Waals surface area contributed by atoms with E-state index >= 15 is 0 Å². The monoisotopic (exact) mass is 286 g/mol. The topological polar surface area (TPSA) is 54.4 Å². The maximum absolute atomic E-state index is 13.3. The van der Waals surface area contributed by atoms with Crippen LogP contribution in [0.1, 0.15) is 17.2 Å². The van der Waals surface area contributed by atoms with Crippen molar-refractivity contribution >= 4 is 9.84 Å². The molecule has 0 aliphatic heterocycles. The molecular weight excluding hydrogens is 276 g/mol. The minimum Gasteiger partial charge on any atom is -0.387 e. The lowest BCUT2D eigenvalue weighted by molar-refractivity contribution is -0.137. The molecule has 0 saturated heterocycles. The molecular formula is C10H10F4O3S. The average molecular weight is 286 g/mol. The molecule has 0 spiro atoms. The zero-order valence-corrected chi connectivity index (χ0v) is 10.0. The summed E-state index contributed by atoms with van der Waals surface area (Å²) >= 11 is 0. The SMILES string of the molecule is CS(=O)(=O)CC(O)c1cc(C(F)(F)F)ccc1F. The van der Waals surface area contributed by atoms with Crippen LogP contribution in [-0.2, 0) is 16.0 Å². The number of rotatable bonds is 3. The smallest absolute Gasteiger partial charge is 0.387 e. The highest BCUT2D eigenvalue weighted by Gasteiger charge is 2.32. The Morgan fingerprint density at radius 1 is 1.33 bits per heavy atom. The normalized spacial score (nSPS) is 14.6. The summed E-state index contributed by atoms with van der Waals surface area (Å²) in [5.41, 5.74) is -1.83. The predicted octanol–water partition coefficient (Wildman–Crippen LogP) is 1.92. The summed E-state index contributed by atoms with van der Waals surface area (Å²) in [6.45, 7) is 0. The Labute approximate surface area is 101 Å². The van der Waals surface area contributed by atoms with Gasteiger partial charge >= 0.3 is 6.18 Å². The molecule has 0 saturated carbocycles. The maximum Gasteiger partial charge on any atom is 0.416 e. The van der Waals surface area contributed by atoms with Crippen LogP contribution < -0.4 is 0 Å². The molecule has 0 amide bonds. The number of aliphatic hydroxyl groups is 1. The quantitative estimate of drug-likeness (QED) is 0.864. The Balaban J connectivity index is 3.16. The van der Waals surface area contributed by atoms with Gasteiger partial charge in [0.05, 0.1) is 17.4 Å². The van der Waals surface area contributed by atoms with Crippen LogP contribution in [0.3, 0.4) is 0 Å². The lowest BCUT2D eigenvalue weighted by Crippen LogP contribution is -2.15. The predicted molar refractivity (Wildman–Crippen MR) is 56.1 cm³/mol. The third kappa shape index (κ3) is 3.95. The number of hydrogen-bond acceptors (Lipinski definition) is 3. The van der Waals surface area contributed by atoms with Gasteiger partial charge in [0, 0.05) is 11.8 Å². The Hall–Kier alpha value is -1.15. The Morgan fingerprint density at radius 2 is 1.89 bits per heavy atom. The lowest BCUT2D eigenvalue weighted by atomic mass is 10.1. The van der Waals surface area contributed by atoms with Gasteiger partial charge < -0.3 is 5.11 Å². The summed E-state index contributed by atoms with van der Waals surface area (Å²) in [5.74, 6) is -1.93. The molecule has 18 heavy (non-hydrogen) atoms. The minimum absolute atomic E-state index is 0.408. The molecule has 0 radical (unpaired) electrons. The van der Waals surface area contributed by atoms with Crippen LogP contribution >= 0.6 is 0 Å². The third-order valence-corrected chi connectivity index (χ3v) is 3.06. The number of halogens is 4. The second-order valence-electron chi connectivity index (χ2n) is 3.84. The van der Waals surface area contributed by atoms with E-state index in [1.807, 2.05) is 0 Å². The Kier molecular flexibility index (Phi) is 4.02. The van der Waals surface area contributed by atoms with Crippen LogP contribution in [-0.4, -0.2) is 25.5 Å². The Bertz CT molecular complexity index is 537. The molecule has 1 N–H and O–H groups in total. The molecule has 0 bridgehead atoms. The molecule has 0 heterocycles. The van der Waals surface area contributed by atoms with E-state index in [0.29, 0.717) is 18.2 Å². The van der Waals surface area contributed by atoms with Crippen LogP contribution in [0, 0.1) is 5.82 Å². The van der Waals surface area contributed by atoms with E-state index in [0.717, 1.165) is 6.26 Å². The van der Waals surface area contributed by atoms with Gasteiger partial charge in [-0.05, 0) is 18.2 Å². The summed E-state index contributed by atoms with van der Waals surface area (Å²) < 4.78 is 72.2. The first-order valence-electron chi connectivity index (χ1n) is 4.73. The molecule has 0 aliphatic carbocycles. The van der Waals surface area contributed by atoms with E-state index in [2.05, 4.69) is 0 Å². The molecule has 102 valence electrons. The van der Waals surface area contributed by atoms with Crippen LogP contribution in [0.4, 0.5) is 17.6 Å². The fourth-order valence-electron chi connectivity index (χ4n) is 1.35. The average Bonchev–Trinajstić information content (AvgIpc) is 2.13. The molecule has 1 aromatic rings. The number of benzene rings is 1. The highest BCUT2D eigenvalue weighted by molar-refractivity contribution is 7.90. The number of sulfone groups is 1. The number of hydrogen-bond donors (Lipinski definition) is 1. The summed E-state index contributed by atoms with van der Waals surface area (Å²) in [5, 5.41) is 9.44. The van der Waals surface area contributed by atoms with E-state index in [4.69, 9.17) is 0 Å². The molecule has 0 aliphatic rings. The Morgan fingerprint density at radius 3 is 2.33 bits per heavy atom. The van der Waals surface area contributed by atoms with Crippen molar-refractivity contribution in [3.8, 4) is 0 Å². The van der Waals surface area contributed by atoms with Crippen LogP contribution in [0.25, 0.3) is 0 Å². The molecule has 1 rings (SSSR count). The second-order valence-corrected chi connectivity index (χ2v) is 6.03. The highest BCUT2D eigenvalue weighted by Crippen LogP contribution is 2.32. The fourth-order valence-corrected chi connectivity index (χ4v) is 2.11. The van der Waals surface area contributed by atoms with Gasteiger partial charge in [0.2, 0.25) is 0 Å². The van der Waals surface area contributed by atoms with E-state index in [1.54, 1.807) is 0 Å². The summed E-state index contributed by atoms with van der Waals surface area (Å²) in [4.78, 5) is 0. The zero-order valence-electron chi connectivity index (χ0n) is 9.20. The van der Waals surface area contributed by atoms with Crippen molar-refractivity contribution in [3.63, 3.8) is 0 Å². The lowest BCUT2D eigenvalue weighted by Gasteiger charge is -2.13. The van der Waals surface area contributed by atoms with Gasteiger partial charge in [-0.1, -0.05) is 0 Å². The minimum atomic E-state index is -4.69. The van der Waals surface area contributed by atoms with Gasteiger partial charge in [0.15, 0.2) is 0 Å². The highest BCUT2D eigenvalue weighted by atomic mass is 32.2. The van der Waals surface area contributed by atoms with Crippen LogP contribution in [0.5, 0.6) is 0 Å². The van der Waals surface area contributed by atoms with Crippen molar-refractivity contribution in [2.24, 2.45) is 0 Å². The fraction of sp³-hybridized carbons (Fsp3) is 0.400. The van der Waals surface area contributed by atoms with Gasteiger partial charge in [-0.15, -0.1) is 0 Å². The van der Waals surface area contributed by atoms with E-state index < -0.39 is 44.8 Å². The van der Waals surface area contributed by atoms with Gasteiger partial charge in [-0.25, -0.2) is 12.8 Å². The molecule has 1 unspecified atom stereocenters. The first-order valence-corrected chi connectivity index (χ1v) is 6.79. The van der Waals surface area contributed by atoms with Crippen molar-refractivity contribution in [3.05, 3.63) is 35.1 Å². The largest absolute Gasteiger partial charge is 0.416 e. The third-order valence-electron chi connectivity index (χ3n) is 2.14. The van der Waals surface area contributed by atoms with Crippen molar-refractivity contribution < 1.29 is 31.1 Å². The molecule has 8 heteroatoms. The number of aliphatic hydroxyl groups excluding tert-OH is 1. The molecule has 0 aromatic heterocycles. The van der Waals surface area contributed by atoms with Crippen LogP contribution in [0.15, 0.2) is 18.2 Å². The second kappa shape index (κ2) is 4.85. The van der Waals surface area contributed by atoms with Gasteiger partial charge in [0.1, 0.15) is 15.7 Å². The summed E-state index contributed by atoms with van der Waals surface area (Å²) in [6.07, 6.45) is -5.73. The maximum atomic E-state index is 13.3. The van der Waals surface area contributed by atoms with Gasteiger partial charge in [-0.3, -0.25) is 0 Å². The molecule has 3 nitrogen and oxygen atoms in total. The molecule has 1 aromatic carbocycles. The van der Waals surface area contributed by atoms with Crippen molar-refractivity contribution in [1.82, 2.24) is 0 Å². The van der Waals surface area contributed by atoms with Crippen LogP contribution in [0.2, 0.25) is 0 Å². The standard InChI is InChI=1S/C10H10F4O3S/c1-18(16,17)5-9(15)7-4-6(10(12,13)14)2-3-8(7)11/h2-4,9,15H,5H2,1H3. The first-order chi connectivity index (χ1) is 8.00. The first kappa shape index (κ1) is 14.9. The zero-order chi connectivity index (χ0) is 14.1. The van der Waals surface area contributed by atoms with Crippen molar-refractivity contribution in [2.45, 2.75) is 12.3 Å². The van der Waals surface area contributed by atoms with Gasteiger partial charge in [-0.2, -0.15) is 13.2 Å². The number of alkyl halides is 3. The van der Waals surface area contributed by atoms with E-state index in [1.165, 1.54) is 0 Å². The van der Waals surface area contributed by atoms with E-state index in [9.17, 15) is 31.1 Å². The van der Waals surface area contributed by atoms with Gasteiger partial charge in [0.25, 0.3) is 0 Å². The molecule has 0 fully saturated rings. The summed E-state index contributed by atoms with van der Waals surface area (Å²) in [6, 6.07) is 1.47. The van der Waals surface area contributed by atoms with Crippen molar-refractivity contribution in [1.29, 1.82) is 0 Å². The molecule has 1 atom stereocenters. The van der Waals surface area contributed by atoms with Crippen molar-refractivity contribution in [2.75, 3.05) is 12.0 Å². The van der Waals surface area contributed by atoms with E-state index in [-0.39, 0.29) is 0 Å². The summed E-state index contributed by atoms with van der Waals surface area (Å²) in [7, 11) is -3.63.